The molecule has 3 nitrogen and oxygen atoms in total. The molecular weight excluding hydrogens is 290 g/mol. The second-order valence-corrected chi connectivity index (χ2v) is 5.49. The highest BCUT2D eigenvalue weighted by Crippen LogP contribution is 2.31. The highest BCUT2D eigenvalue weighted by atomic mass is 79.9. The summed E-state index contributed by atoms with van der Waals surface area (Å²) in [6.07, 6.45) is 4.17. The molecule has 1 aromatic heterocycles. The van der Waals surface area contributed by atoms with E-state index >= 15 is 0 Å². The fraction of sp³-hybridized carbons (Fsp3) is 0.643. The van der Waals surface area contributed by atoms with Gasteiger partial charge in [-0.2, -0.15) is 0 Å². The van der Waals surface area contributed by atoms with E-state index in [-0.39, 0.29) is 0 Å². The van der Waals surface area contributed by atoms with Crippen molar-refractivity contribution in [2.24, 2.45) is 5.92 Å². The standard InChI is InChI=1S/C14H24BrN3/c1-5-11(6-2)9-18(7-3)14-13(15)10(4)12(16)8-17-14/h8,11H,5-7,9,16H2,1-4H3. The lowest BCUT2D eigenvalue weighted by molar-refractivity contribution is 0.484. The summed E-state index contributed by atoms with van der Waals surface area (Å²) < 4.78 is 1.02. The Balaban J connectivity index is 2.98. The Morgan fingerprint density at radius 2 is 1.94 bits per heavy atom. The van der Waals surface area contributed by atoms with Gasteiger partial charge in [0.15, 0.2) is 0 Å². The van der Waals surface area contributed by atoms with Crippen LogP contribution in [0.5, 0.6) is 0 Å². The van der Waals surface area contributed by atoms with Crippen LogP contribution in [0.15, 0.2) is 10.7 Å². The van der Waals surface area contributed by atoms with E-state index in [9.17, 15) is 0 Å². The van der Waals surface area contributed by atoms with E-state index in [1.807, 2.05) is 6.92 Å². The molecule has 0 unspecified atom stereocenters. The zero-order valence-corrected chi connectivity index (χ0v) is 13.4. The lowest BCUT2D eigenvalue weighted by Gasteiger charge is -2.28. The minimum Gasteiger partial charge on any atom is -0.397 e. The number of pyridine rings is 1. The minimum atomic E-state index is 0.719. The summed E-state index contributed by atoms with van der Waals surface area (Å²) in [6, 6.07) is 0. The number of aromatic nitrogens is 1. The van der Waals surface area contributed by atoms with E-state index in [4.69, 9.17) is 5.73 Å². The molecule has 0 radical (unpaired) electrons. The van der Waals surface area contributed by atoms with Crippen LogP contribution in [0.1, 0.15) is 39.2 Å². The van der Waals surface area contributed by atoms with E-state index < -0.39 is 0 Å². The second-order valence-electron chi connectivity index (χ2n) is 4.70. The third-order valence-corrected chi connectivity index (χ3v) is 4.55. The Labute approximate surface area is 119 Å². The van der Waals surface area contributed by atoms with E-state index in [0.717, 1.165) is 40.5 Å². The number of nitrogen functional groups attached to an aromatic ring is 1. The summed E-state index contributed by atoms with van der Waals surface area (Å²) >= 11 is 3.62. The predicted octanol–water partition coefficient (Wildman–Crippen LogP) is 4.00. The molecule has 0 aliphatic rings. The number of anilines is 2. The first kappa shape index (κ1) is 15.3. The summed E-state index contributed by atoms with van der Waals surface area (Å²) in [7, 11) is 0. The maximum Gasteiger partial charge on any atom is 0.143 e. The monoisotopic (exact) mass is 313 g/mol. The third-order valence-electron chi connectivity index (χ3n) is 3.60. The van der Waals surface area contributed by atoms with Gasteiger partial charge in [-0.05, 0) is 41.3 Å². The van der Waals surface area contributed by atoms with Gasteiger partial charge in [-0.25, -0.2) is 4.98 Å². The first-order chi connectivity index (χ1) is 8.54. The molecule has 0 fully saturated rings. The van der Waals surface area contributed by atoms with Crippen molar-refractivity contribution in [3.63, 3.8) is 0 Å². The Hall–Kier alpha value is -0.770. The van der Waals surface area contributed by atoms with Gasteiger partial charge >= 0.3 is 0 Å². The highest BCUT2D eigenvalue weighted by molar-refractivity contribution is 9.10. The summed E-state index contributed by atoms with van der Waals surface area (Å²) in [5, 5.41) is 0. The normalized spacial score (nSPS) is 11.0. The largest absolute Gasteiger partial charge is 0.397 e. The summed E-state index contributed by atoms with van der Waals surface area (Å²) in [5.41, 5.74) is 7.69. The molecule has 0 aromatic carbocycles. The zero-order valence-electron chi connectivity index (χ0n) is 11.8. The summed E-state index contributed by atoms with van der Waals surface area (Å²) in [6.45, 7) is 10.7. The molecular formula is C14H24BrN3. The minimum absolute atomic E-state index is 0.719. The van der Waals surface area contributed by atoms with Crippen molar-refractivity contribution in [3.8, 4) is 0 Å². The summed E-state index contributed by atoms with van der Waals surface area (Å²) in [4.78, 5) is 6.81. The van der Waals surface area contributed by atoms with Crippen LogP contribution in [-0.4, -0.2) is 18.1 Å². The molecule has 0 bridgehead atoms. The Bertz CT molecular complexity index is 389. The number of nitrogens with zero attached hydrogens (tertiary/aromatic N) is 2. The molecule has 0 aliphatic heterocycles. The molecule has 0 saturated carbocycles. The molecule has 0 spiro atoms. The van der Waals surface area contributed by atoms with Crippen molar-refractivity contribution < 1.29 is 0 Å². The molecule has 2 N–H and O–H groups in total. The molecule has 0 aliphatic carbocycles. The molecule has 1 rings (SSSR count). The number of hydrogen-bond acceptors (Lipinski definition) is 3. The average Bonchev–Trinajstić information content (AvgIpc) is 2.39. The zero-order chi connectivity index (χ0) is 13.7. The van der Waals surface area contributed by atoms with Gasteiger partial charge in [0.25, 0.3) is 0 Å². The maximum atomic E-state index is 5.87. The van der Waals surface area contributed by atoms with Gasteiger partial charge in [0.2, 0.25) is 0 Å². The van der Waals surface area contributed by atoms with Gasteiger partial charge in [-0.1, -0.05) is 26.7 Å². The van der Waals surface area contributed by atoms with Crippen LogP contribution in [0.2, 0.25) is 0 Å². The second kappa shape index (κ2) is 6.98. The van der Waals surface area contributed by atoms with Crippen LogP contribution in [0, 0.1) is 12.8 Å². The van der Waals surface area contributed by atoms with E-state index in [1.54, 1.807) is 6.20 Å². The average molecular weight is 314 g/mol. The van der Waals surface area contributed by atoms with Gasteiger partial charge in [0, 0.05) is 13.1 Å². The van der Waals surface area contributed by atoms with Gasteiger partial charge in [-0.3, -0.25) is 0 Å². The van der Waals surface area contributed by atoms with Crippen molar-refractivity contribution in [2.75, 3.05) is 23.7 Å². The smallest absolute Gasteiger partial charge is 0.143 e. The molecule has 18 heavy (non-hydrogen) atoms. The van der Waals surface area contributed by atoms with Crippen molar-refractivity contribution in [3.05, 3.63) is 16.2 Å². The van der Waals surface area contributed by atoms with Gasteiger partial charge in [0.1, 0.15) is 5.82 Å². The molecule has 1 heterocycles. The maximum absolute atomic E-state index is 5.87. The van der Waals surface area contributed by atoms with Crippen LogP contribution in [-0.2, 0) is 0 Å². The Morgan fingerprint density at radius 3 is 2.44 bits per heavy atom. The van der Waals surface area contributed by atoms with E-state index in [2.05, 4.69) is 46.6 Å². The molecule has 0 saturated heterocycles. The fourth-order valence-electron chi connectivity index (χ4n) is 2.02. The van der Waals surface area contributed by atoms with Gasteiger partial charge in [-0.15, -0.1) is 0 Å². The highest BCUT2D eigenvalue weighted by Gasteiger charge is 2.16. The molecule has 0 amide bonds. The van der Waals surface area contributed by atoms with Crippen molar-refractivity contribution >= 4 is 27.4 Å². The SMILES string of the molecule is CCC(CC)CN(CC)c1ncc(N)c(C)c1Br. The number of nitrogens with two attached hydrogens (primary N) is 1. The predicted molar refractivity (Wildman–Crippen MR) is 83.0 cm³/mol. The van der Waals surface area contributed by atoms with Crippen LogP contribution in [0.4, 0.5) is 11.5 Å². The quantitative estimate of drug-likeness (QED) is 0.863. The number of hydrogen-bond donors (Lipinski definition) is 1. The van der Waals surface area contributed by atoms with E-state index in [0.29, 0.717) is 0 Å². The number of rotatable bonds is 6. The molecule has 0 atom stereocenters. The molecule has 1 aromatic rings. The van der Waals surface area contributed by atoms with Crippen molar-refractivity contribution in [1.82, 2.24) is 4.98 Å². The van der Waals surface area contributed by atoms with Crippen LogP contribution < -0.4 is 10.6 Å². The van der Waals surface area contributed by atoms with Gasteiger partial charge < -0.3 is 10.6 Å². The van der Waals surface area contributed by atoms with Crippen LogP contribution in [0.3, 0.4) is 0 Å². The fourth-order valence-corrected chi connectivity index (χ4v) is 2.61. The van der Waals surface area contributed by atoms with Crippen LogP contribution >= 0.6 is 15.9 Å². The van der Waals surface area contributed by atoms with Crippen molar-refractivity contribution in [2.45, 2.75) is 40.5 Å². The van der Waals surface area contributed by atoms with Crippen molar-refractivity contribution in [1.29, 1.82) is 0 Å². The van der Waals surface area contributed by atoms with Gasteiger partial charge in [0.05, 0.1) is 16.4 Å². The first-order valence-electron chi connectivity index (χ1n) is 6.70. The summed E-state index contributed by atoms with van der Waals surface area (Å²) in [5.74, 6) is 1.73. The van der Waals surface area contributed by atoms with Crippen LogP contribution in [0.25, 0.3) is 0 Å². The lowest BCUT2D eigenvalue weighted by Crippen LogP contribution is -2.30. The lowest BCUT2D eigenvalue weighted by atomic mass is 10.0. The Morgan fingerprint density at radius 1 is 1.33 bits per heavy atom. The van der Waals surface area contributed by atoms with E-state index in [1.165, 1.54) is 12.8 Å². The number of halogens is 1. The topological polar surface area (TPSA) is 42.2 Å². The Kier molecular flexibility index (Phi) is 5.93. The molecule has 4 heteroatoms. The molecule has 102 valence electrons. The first-order valence-corrected chi connectivity index (χ1v) is 7.49. The third kappa shape index (κ3) is 3.37.